The SMILES string of the molecule is CCCCN(C)C(=O)c1cc(N)cc(C)c1F. The summed E-state index contributed by atoms with van der Waals surface area (Å²) in [7, 11) is 1.68. The third-order valence-electron chi connectivity index (χ3n) is 2.70. The van der Waals surface area contributed by atoms with E-state index >= 15 is 0 Å². The van der Waals surface area contributed by atoms with Crippen LogP contribution in [0.2, 0.25) is 0 Å². The predicted octanol–water partition coefficient (Wildman–Crippen LogP) is 2.59. The van der Waals surface area contributed by atoms with Gasteiger partial charge in [0, 0.05) is 19.3 Å². The molecule has 0 heterocycles. The quantitative estimate of drug-likeness (QED) is 0.819. The molecular weight excluding hydrogens is 219 g/mol. The molecule has 0 bridgehead atoms. The van der Waals surface area contributed by atoms with E-state index in [4.69, 9.17) is 5.73 Å². The van der Waals surface area contributed by atoms with Gasteiger partial charge in [0.2, 0.25) is 0 Å². The highest BCUT2D eigenvalue weighted by Gasteiger charge is 2.17. The Labute approximate surface area is 101 Å². The van der Waals surface area contributed by atoms with Gasteiger partial charge in [0.25, 0.3) is 5.91 Å². The number of benzene rings is 1. The molecule has 0 radical (unpaired) electrons. The fraction of sp³-hybridized carbons (Fsp3) is 0.462. The van der Waals surface area contributed by atoms with E-state index in [0.29, 0.717) is 17.8 Å². The minimum absolute atomic E-state index is 0.0566. The Kier molecular flexibility index (Phi) is 4.49. The highest BCUT2D eigenvalue weighted by molar-refractivity contribution is 5.95. The highest BCUT2D eigenvalue weighted by Crippen LogP contribution is 2.18. The van der Waals surface area contributed by atoms with Gasteiger partial charge in [0.05, 0.1) is 5.56 Å². The largest absolute Gasteiger partial charge is 0.399 e. The van der Waals surface area contributed by atoms with Crippen LogP contribution < -0.4 is 5.73 Å². The fourth-order valence-corrected chi connectivity index (χ4v) is 1.66. The number of nitrogen functional groups attached to an aromatic ring is 1. The number of hydrogen-bond donors (Lipinski definition) is 1. The van der Waals surface area contributed by atoms with Gasteiger partial charge >= 0.3 is 0 Å². The molecule has 1 aromatic rings. The summed E-state index contributed by atoms with van der Waals surface area (Å²) in [4.78, 5) is 13.5. The van der Waals surface area contributed by atoms with Gasteiger partial charge in [-0.15, -0.1) is 0 Å². The number of halogens is 1. The summed E-state index contributed by atoms with van der Waals surface area (Å²) >= 11 is 0. The van der Waals surface area contributed by atoms with E-state index in [1.54, 1.807) is 14.0 Å². The van der Waals surface area contributed by atoms with Crippen molar-refractivity contribution in [1.29, 1.82) is 0 Å². The smallest absolute Gasteiger partial charge is 0.256 e. The van der Waals surface area contributed by atoms with Gasteiger partial charge in [-0.1, -0.05) is 13.3 Å². The summed E-state index contributed by atoms with van der Waals surface area (Å²) in [5.41, 5.74) is 6.50. The van der Waals surface area contributed by atoms with Crippen LogP contribution in [-0.2, 0) is 0 Å². The number of unbranched alkanes of at least 4 members (excludes halogenated alkanes) is 1. The van der Waals surface area contributed by atoms with Gasteiger partial charge in [-0.2, -0.15) is 0 Å². The Morgan fingerprint density at radius 2 is 2.12 bits per heavy atom. The van der Waals surface area contributed by atoms with E-state index in [9.17, 15) is 9.18 Å². The van der Waals surface area contributed by atoms with Crippen LogP contribution in [0.5, 0.6) is 0 Å². The van der Waals surface area contributed by atoms with Crippen LogP contribution in [0.1, 0.15) is 35.7 Å². The van der Waals surface area contributed by atoms with Gasteiger partial charge in [-0.25, -0.2) is 4.39 Å². The number of rotatable bonds is 4. The lowest BCUT2D eigenvalue weighted by molar-refractivity contribution is 0.0788. The summed E-state index contributed by atoms with van der Waals surface area (Å²) in [6.07, 6.45) is 1.90. The molecule has 2 N–H and O–H groups in total. The zero-order valence-corrected chi connectivity index (χ0v) is 10.6. The normalized spacial score (nSPS) is 10.4. The summed E-state index contributed by atoms with van der Waals surface area (Å²) in [5.74, 6) is -0.793. The minimum atomic E-state index is -0.479. The molecular formula is C13H19FN2O. The van der Waals surface area contributed by atoms with Crippen LogP contribution >= 0.6 is 0 Å². The van der Waals surface area contributed by atoms with Crippen molar-refractivity contribution in [1.82, 2.24) is 4.90 Å². The molecule has 0 aliphatic heterocycles. The molecule has 0 spiro atoms. The summed E-state index contributed by atoms with van der Waals surface area (Å²) in [5, 5.41) is 0. The van der Waals surface area contributed by atoms with E-state index < -0.39 is 5.82 Å². The molecule has 1 rings (SSSR count). The van der Waals surface area contributed by atoms with Crippen LogP contribution in [0, 0.1) is 12.7 Å². The lowest BCUT2D eigenvalue weighted by Crippen LogP contribution is -2.28. The Morgan fingerprint density at radius 1 is 1.47 bits per heavy atom. The number of carbonyl (C=O) groups is 1. The second-order valence-corrected chi connectivity index (χ2v) is 4.28. The molecule has 0 aromatic heterocycles. The molecule has 0 aliphatic carbocycles. The standard InChI is InChI=1S/C13H19FN2O/c1-4-5-6-16(3)13(17)11-8-10(15)7-9(2)12(11)14/h7-8H,4-6,15H2,1-3H3. The first-order valence-electron chi connectivity index (χ1n) is 5.78. The maximum atomic E-state index is 13.8. The number of aryl methyl sites for hydroxylation is 1. The molecule has 0 aliphatic rings. The maximum Gasteiger partial charge on any atom is 0.256 e. The van der Waals surface area contributed by atoms with Crippen molar-refractivity contribution in [2.75, 3.05) is 19.3 Å². The average molecular weight is 238 g/mol. The predicted molar refractivity (Wildman–Crippen MR) is 67.4 cm³/mol. The molecule has 3 nitrogen and oxygen atoms in total. The molecule has 0 saturated carbocycles. The fourth-order valence-electron chi connectivity index (χ4n) is 1.66. The van der Waals surface area contributed by atoms with E-state index in [2.05, 4.69) is 0 Å². The molecule has 0 saturated heterocycles. The first-order valence-corrected chi connectivity index (χ1v) is 5.78. The summed E-state index contributed by atoms with van der Waals surface area (Å²) in [6, 6.07) is 2.92. The first kappa shape index (κ1) is 13.5. The average Bonchev–Trinajstić information content (AvgIpc) is 2.29. The Morgan fingerprint density at radius 3 is 2.71 bits per heavy atom. The minimum Gasteiger partial charge on any atom is -0.399 e. The number of nitrogens with two attached hydrogens (primary N) is 1. The third kappa shape index (κ3) is 3.19. The van der Waals surface area contributed by atoms with Crippen molar-refractivity contribution in [2.45, 2.75) is 26.7 Å². The van der Waals surface area contributed by atoms with Crippen molar-refractivity contribution >= 4 is 11.6 Å². The van der Waals surface area contributed by atoms with E-state index in [-0.39, 0.29) is 11.5 Å². The van der Waals surface area contributed by atoms with Crippen molar-refractivity contribution in [2.24, 2.45) is 0 Å². The Hall–Kier alpha value is -1.58. The van der Waals surface area contributed by atoms with Crippen LogP contribution in [0.15, 0.2) is 12.1 Å². The molecule has 94 valence electrons. The Bertz CT molecular complexity index is 418. The number of nitrogens with zero attached hydrogens (tertiary/aromatic N) is 1. The van der Waals surface area contributed by atoms with Crippen LogP contribution in [0.4, 0.5) is 10.1 Å². The van der Waals surface area contributed by atoms with Crippen LogP contribution in [0.3, 0.4) is 0 Å². The Balaban J connectivity index is 2.96. The van der Waals surface area contributed by atoms with Crippen LogP contribution in [0.25, 0.3) is 0 Å². The van der Waals surface area contributed by atoms with Crippen molar-refractivity contribution in [3.63, 3.8) is 0 Å². The van der Waals surface area contributed by atoms with Gasteiger partial charge < -0.3 is 10.6 Å². The molecule has 0 fully saturated rings. The second-order valence-electron chi connectivity index (χ2n) is 4.28. The van der Waals surface area contributed by atoms with Gasteiger partial charge in [-0.05, 0) is 31.0 Å². The lowest BCUT2D eigenvalue weighted by atomic mass is 10.1. The summed E-state index contributed by atoms with van der Waals surface area (Å²) < 4.78 is 13.8. The van der Waals surface area contributed by atoms with Crippen molar-refractivity contribution in [3.8, 4) is 0 Å². The topological polar surface area (TPSA) is 46.3 Å². The zero-order chi connectivity index (χ0) is 13.0. The number of anilines is 1. The first-order chi connectivity index (χ1) is 7.97. The monoisotopic (exact) mass is 238 g/mol. The van der Waals surface area contributed by atoms with Gasteiger partial charge in [0.1, 0.15) is 5.82 Å². The number of hydrogen-bond acceptors (Lipinski definition) is 2. The van der Waals surface area contributed by atoms with Crippen molar-refractivity contribution in [3.05, 3.63) is 29.1 Å². The molecule has 1 amide bonds. The molecule has 0 unspecified atom stereocenters. The van der Waals surface area contributed by atoms with Crippen LogP contribution in [-0.4, -0.2) is 24.4 Å². The number of carbonyl (C=O) groups excluding carboxylic acids is 1. The second kappa shape index (κ2) is 5.66. The molecule has 1 aromatic carbocycles. The van der Waals surface area contributed by atoms with E-state index in [1.807, 2.05) is 6.92 Å². The lowest BCUT2D eigenvalue weighted by Gasteiger charge is -2.18. The van der Waals surface area contributed by atoms with Gasteiger partial charge in [0.15, 0.2) is 0 Å². The molecule has 0 atom stereocenters. The maximum absolute atomic E-state index is 13.8. The third-order valence-corrected chi connectivity index (χ3v) is 2.70. The zero-order valence-electron chi connectivity index (χ0n) is 10.6. The molecule has 17 heavy (non-hydrogen) atoms. The highest BCUT2D eigenvalue weighted by atomic mass is 19.1. The molecule has 4 heteroatoms. The van der Waals surface area contributed by atoms with Gasteiger partial charge in [-0.3, -0.25) is 4.79 Å². The van der Waals surface area contributed by atoms with Crippen molar-refractivity contribution < 1.29 is 9.18 Å². The van der Waals surface area contributed by atoms with E-state index in [0.717, 1.165) is 12.8 Å². The summed E-state index contributed by atoms with van der Waals surface area (Å²) in [6.45, 7) is 4.28. The number of amides is 1. The van der Waals surface area contributed by atoms with E-state index in [1.165, 1.54) is 17.0 Å².